The second-order valence-corrected chi connectivity index (χ2v) is 6.43. The molecular weight excluding hydrogens is 220 g/mol. The maximum absolute atomic E-state index is 10.5. The average Bonchev–Trinajstić information content (AvgIpc) is 2.37. The van der Waals surface area contributed by atoms with Crippen molar-refractivity contribution in [1.29, 1.82) is 0 Å². The lowest BCUT2D eigenvalue weighted by Crippen LogP contribution is -2.37. The Balaban J connectivity index is 1.89. The molecule has 0 aromatic heterocycles. The van der Waals surface area contributed by atoms with Crippen molar-refractivity contribution in [3.05, 3.63) is 35.9 Å². The van der Waals surface area contributed by atoms with E-state index in [4.69, 9.17) is 0 Å². The van der Waals surface area contributed by atoms with Crippen LogP contribution in [-0.2, 0) is 6.42 Å². The van der Waals surface area contributed by atoms with Crippen LogP contribution in [0.5, 0.6) is 0 Å². The second-order valence-electron chi connectivity index (χ2n) is 6.43. The zero-order chi connectivity index (χ0) is 13.0. The molecule has 2 rings (SSSR count). The molecule has 0 aliphatic heterocycles. The minimum Gasteiger partial charge on any atom is -0.393 e. The Kier molecular flexibility index (Phi) is 4.45. The SMILES string of the molecule is CC1(C)CCCCC1C(O)CCc1ccccc1. The Labute approximate surface area is 111 Å². The largest absolute Gasteiger partial charge is 0.393 e. The minimum atomic E-state index is -0.138. The summed E-state index contributed by atoms with van der Waals surface area (Å²) < 4.78 is 0. The molecule has 1 aliphatic rings. The lowest BCUT2D eigenvalue weighted by molar-refractivity contribution is 0.00102. The van der Waals surface area contributed by atoms with E-state index in [1.807, 2.05) is 6.07 Å². The molecule has 0 radical (unpaired) electrons. The number of aryl methyl sites for hydroxylation is 1. The standard InChI is InChI=1S/C17H26O/c1-17(2)13-7-6-10-15(17)16(18)12-11-14-8-4-3-5-9-14/h3-5,8-9,15-16,18H,6-7,10-13H2,1-2H3. The molecule has 1 aromatic carbocycles. The van der Waals surface area contributed by atoms with Crippen LogP contribution in [-0.4, -0.2) is 11.2 Å². The van der Waals surface area contributed by atoms with Crippen molar-refractivity contribution >= 4 is 0 Å². The van der Waals surface area contributed by atoms with Gasteiger partial charge in [-0.15, -0.1) is 0 Å². The van der Waals surface area contributed by atoms with E-state index < -0.39 is 0 Å². The molecule has 0 spiro atoms. The number of benzene rings is 1. The summed E-state index contributed by atoms with van der Waals surface area (Å²) in [6, 6.07) is 10.5. The fraction of sp³-hybridized carbons (Fsp3) is 0.647. The lowest BCUT2D eigenvalue weighted by Gasteiger charge is -2.41. The Morgan fingerprint density at radius 3 is 2.61 bits per heavy atom. The molecule has 1 saturated carbocycles. The normalized spacial score (nSPS) is 24.7. The highest BCUT2D eigenvalue weighted by molar-refractivity contribution is 5.14. The number of hydrogen-bond acceptors (Lipinski definition) is 1. The van der Waals surface area contributed by atoms with Crippen molar-refractivity contribution in [2.75, 3.05) is 0 Å². The highest BCUT2D eigenvalue weighted by atomic mass is 16.3. The number of hydrogen-bond donors (Lipinski definition) is 1. The van der Waals surface area contributed by atoms with Crippen LogP contribution in [0.1, 0.15) is 51.5 Å². The smallest absolute Gasteiger partial charge is 0.0576 e. The number of rotatable bonds is 4. The monoisotopic (exact) mass is 246 g/mol. The van der Waals surface area contributed by atoms with Gasteiger partial charge in [0.2, 0.25) is 0 Å². The molecule has 1 N–H and O–H groups in total. The molecule has 0 heterocycles. The second kappa shape index (κ2) is 5.88. The van der Waals surface area contributed by atoms with Crippen molar-refractivity contribution in [2.24, 2.45) is 11.3 Å². The topological polar surface area (TPSA) is 20.2 Å². The molecule has 1 aromatic rings. The minimum absolute atomic E-state index is 0.138. The van der Waals surface area contributed by atoms with Gasteiger partial charge >= 0.3 is 0 Å². The first kappa shape index (κ1) is 13.6. The quantitative estimate of drug-likeness (QED) is 0.844. The summed E-state index contributed by atoms with van der Waals surface area (Å²) in [5.41, 5.74) is 1.65. The number of aliphatic hydroxyl groups is 1. The van der Waals surface area contributed by atoms with Crippen LogP contribution in [0.2, 0.25) is 0 Å². The van der Waals surface area contributed by atoms with Crippen LogP contribution in [0.3, 0.4) is 0 Å². The zero-order valence-corrected chi connectivity index (χ0v) is 11.7. The van der Waals surface area contributed by atoms with Gasteiger partial charge in [0, 0.05) is 0 Å². The molecule has 2 atom stereocenters. The van der Waals surface area contributed by atoms with Crippen LogP contribution >= 0.6 is 0 Å². The third kappa shape index (κ3) is 3.35. The van der Waals surface area contributed by atoms with Crippen molar-refractivity contribution in [3.63, 3.8) is 0 Å². The molecule has 1 aliphatic carbocycles. The van der Waals surface area contributed by atoms with Crippen LogP contribution < -0.4 is 0 Å². The predicted octanol–water partition coefficient (Wildman–Crippen LogP) is 4.20. The maximum atomic E-state index is 10.5. The third-order valence-corrected chi connectivity index (χ3v) is 4.63. The van der Waals surface area contributed by atoms with Gasteiger partial charge in [0.15, 0.2) is 0 Å². The van der Waals surface area contributed by atoms with Gasteiger partial charge in [-0.2, -0.15) is 0 Å². The predicted molar refractivity (Wildman–Crippen MR) is 76.5 cm³/mol. The summed E-state index contributed by atoms with van der Waals surface area (Å²) in [6.07, 6.45) is 6.83. The van der Waals surface area contributed by atoms with Crippen LogP contribution in [0.25, 0.3) is 0 Å². The van der Waals surface area contributed by atoms with Crippen molar-refractivity contribution in [3.8, 4) is 0 Å². The molecule has 100 valence electrons. The van der Waals surface area contributed by atoms with E-state index in [2.05, 4.69) is 38.1 Å². The Morgan fingerprint density at radius 1 is 1.22 bits per heavy atom. The summed E-state index contributed by atoms with van der Waals surface area (Å²) in [5.74, 6) is 0.481. The maximum Gasteiger partial charge on any atom is 0.0576 e. The van der Waals surface area contributed by atoms with E-state index in [0.717, 1.165) is 12.8 Å². The van der Waals surface area contributed by atoms with Gasteiger partial charge in [-0.05, 0) is 42.6 Å². The lowest BCUT2D eigenvalue weighted by atomic mass is 9.66. The molecule has 1 fully saturated rings. The van der Waals surface area contributed by atoms with E-state index in [9.17, 15) is 5.11 Å². The van der Waals surface area contributed by atoms with Crippen LogP contribution in [0.15, 0.2) is 30.3 Å². The fourth-order valence-electron chi connectivity index (χ4n) is 3.39. The van der Waals surface area contributed by atoms with Gasteiger partial charge in [0.05, 0.1) is 6.10 Å². The molecular formula is C17H26O. The molecule has 1 heteroatoms. The van der Waals surface area contributed by atoms with Gasteiger partial charge < -0.3 is 5.11 Å². The summed E-state index contributed by atoms with van der Waals surface area (Å²) in [5, 5.41) is 10.5. The molecule has 18 heavy (non-hydrogen) atoms. The molecule has 2 unspecified atom stereocenters. The molecule has 0 saturated heterocycles. The summed E-state index contributed by atoms with van der Waals surface area (Å²) in [4.78, 5) is 0. The first-order chi connectivity index (χ1) is 8.59. The van der Waals surface area contributed by atoms with Crippen LogP contribution in [0, 0.1) is 11.3 Å². The molecule has 0 amide bonds. The Hall–Kier alpha value is -0.820. The third-order valence-electron chi connectivity index (χ3n) is 4.63. The van der Waals surface area contributed by atoms with Gasteiger partial charge in [-0.3, -0.25) is 0 Å². The highest BCUT2D eigenvalue weighted by Gasteiger charge is 2.36. The van der Waals surface area contributed by atoms with Gasteiger partial charge in [0.25, 0.3) is 0 Å². The first-order valence-electron chi connectivity index (χ1n) is 7.31. The molecule has 0 bridgehead atoms. The summed E-state index contributed by atoms with van der Waals surface area (Å²) in [7, 11) is 0. The van der Waals surface area contributed by atoms with Crippen molar-refractivity contribution < 1.29 is 5.11 Å². The average molecular weight is 246 g/mol. The fourth-order valence-corrected chi connectivity index (χ4v) is 3.39. The van der Waals surface area contributed by atoms with E-state index in [-0.39, 0.29) is 6.10 Å². The van der Waals surface area contributed by atoms with Crippen molar-refractivity contribution in [2.45, 2.75) is 58.5 Å². The Morgan fingerprint density at radius 2 is 1.94 bits per heavy atom. The van der Waals surface area contributed by atoms with E-state index in [1.165, 1.54) is 31.2 Å². The van der Waals surface area contributed by atoms with Gasteiger partial charge in [-0.1, -0.05) is 57.0 Å². The number of aliphatic hydroxyl groups excluding tert-OH is 1. The zero-order valence-electron chi connectivity index (χ0n) is 11.7. The van der Waals surface area contributed by atoms with Crippen molar-refractivity contribution in [1.82, 2.24) is 0 Å². The summed E-state index contributed by atoms with van der Waals surface area (Å²) in [6.45, 7) is 4.64. The highest BCUT2D eigenvalue weighted by Crippen LogP contribution is 2.43. The first-order valence-corrected chi connectivity index (χ1v) is 7.31. The van der Waals surface area contributed by atoms with E-state index in [0.29, 0.717) is 11.3 Å². The molecule has 1 nitrogen and oxygen atoms in total. The van der Waals surface area contributed by atoms with Gasteiger partial charge in [0.1, 0.15) is 0 Å². The van der Waals surface area contributed by atoms with Crippen LogP contribution in [0.4, 0.5) is 0 Å². The van der Waals surface area contributed by atoms with E-state index in [1.54, 1.807) is 0 Å². The van der Waals surface area contributed by atoms with E-state index >= 15 is 0 Å². The van der Waals surface area contributed by atoms with Gasteiger partial charge in [-0.25, -0.2) is 0 Å². The Bertz CT molecular complexity index is 355. The summed E-state index contributed by atoms with van der Waals surface area (Å²) >= 11 is 0.